The van der Waals surface area contributed by atoms with Crippen LogP contribution < -0.4 is 4.74 Å². The van der Waals surface area contributed by atoms with Gasteiger partial charge in [0.1, 0.15) is 5.75 Å². The number of rotatable bonds is 5. The second-order valence-electron chi connectivity index (χ2n) is 4.80. The predicted octanol–water partition coefficient (Wildman–Crippen LogP) is 1.47. The standard InChI is InChI=1S/C14H16N2O3/c1-19-13-3-2-10(6-15)4-12(13)9-16-7-11(8-16)5-14(17)18/h2-4,11H,5,7-9H2,1H3,(H,17,18). The lowest BCUT2D eigenvalue weighted by molar-refractivity contribution is -0.139. The van der Waals surface area contributed by atoms with Crippen LogP contribution in [0.1, 0.15) is 17.5 Å². The molecule has 19 heavy (non-hydrogen) atoms. The summed E-state index contributed by atoms with van der Waals surface area (Å²) in [4.78, 5) is 12.7. The smallest absolute Gasteiger partial charge is 0.303 e. The van der Waals surface area contributed by atoms with Crippen LogP contribution in [0.5, 0.6) is 5.75 Å². The van der Waals surface area contributed by atoms with Gasteiger partial charge in [0.2, 0.25) is 0 Å². The van der Waals surface area contributed by atoms with Crippen molar-refractivity contribution in [2.24, 2.45) is 5.92 Å². The quantitative estimate of drug-likeness (QED) is 0.868. The zero-order chi connectivity index (χ0) is 13.8. The van der Waals surface area contributed by atoms with Gasteiger partial charge in [0.05, 0.1) is 25.2 Å². The van der Waals surface area contributed by atoms with Crippen LogP contribution in [0.3, 0.4) is 0 Å². The van der Waals surface area contributed by atoms with Crippen LogP contribution in [0, 0.1) is 17.2 Å². The summed E-state index contributed by atoms with van der Waals surface area (Å²) in [6.45, 7) is 2.26. The van der Waals surface area contributed by atoms with Gasteiger partial charge in [-0.3, -0.25) is 9.69 Å². The van der Waals surface area contributed by atoms with E-state index in [0.29, 0.717) is 12.1 Å². The van der Waals surface area contributed by atoms with Gasteiger partial charge in [-0.2, -0.15) is 5.26 Å². The predicted molar refractivity (Wildman–Crippen MR) is 68.7 cm³/mol. The maximum Gasteiger partial charge on any atom is 0.303 e. The van der Waals surface area contributed by atoms with E-state index >= 15 is 0 Å². The third-order valence-electron chi connectivity index (χ3n) is 3.30. The Morgan fingerprint density at radius 1 is 1.58 bits per heavy atom. The van der Waals surface area contributed by atoms with Crippen LogP contribution in [-0.2, 0) is 11.3 Å². The van der Waals surface area contributed by atoms with Crippen molar-refractivity contribution in [1.29, 1.82) is 5.26 Å². The molecule has 5 heteroatoms. The van der Waals surface area contributed by atoms with Crippen LogP contribution in [0.15, 0.2) is 18.2 Å². The molecule has 5 nitrogen and oxygen atoms in total. The Kier molecular flexibility index (Phi) is 4.03. The van der Waals surface area contributed by atoms with Crippen LogP contribution in [-0.4, -0.2) is 36.2 Å². The summed E-state index contributed by atoms with van der Waals surface area (Å²) in [7, 11) is 1.61. The van der Waals surface area contributed by atoms with E-state index in [-0.39, 0.29) is 12.3 Å². The SMILES string of the molecule is COc1ccc(C#N)cc1CN1CC(CC(=O)O)C1. The topological polar surface area (TPSA) is 73.6 Å². The molecule has 1 heterocycles. The van der Waals surface area contributed by atoms with Crippen LogP contribution in [0.25, 0.3) is 0 Å². The van der Waals surface area contributed by atoms with E-state index in [0.717, 1.165) is 24.4 Å². The molecule has 1 N–H and O–H groups in total. The first-order chi connectivity index (χ1) is 9.12. The minimum Gasteiger partial charge on any atom is -0.496 e. The Balaban J connectivity index is 1.97. The molecule has 0 aromatic heterocycles. The first kappa shape index (κ1) is 13.4. The van der Waals surface area contributed by atoms with E-state index in [1.54, 1.807) is 19.2 Å². The highest BCUT2D eigenvalue weighted by atomic mass is 16.5. The number of benzene rings is 1. The number of likely N-dealkylation sites (tertiary alicyclic amines) is 1. The van der Waals surface area contributed by atoms with Crippen LogP contribution in [0.2, 0.25) is 0 Å². The fourth-order valence-electron chi connectivity index (χ4n) is 2.39. The second kappa shape index (κ2) is 5.72. The summed E-state index contributed by atoms with van der Waals surface area (Å²) in [5, 5.41) is 17.6. The van der Waals surface area contributed by atoms with Gasteiger partial charge < -0.3 is 9.84 Å². The highest BCUT2D eigenvalue weighted by molar-refractivity contribution is 5.67. The zero-order valence-corrected chi connectivity index (χ0v) is 10.8. The Labute approximate surface area is 112 Å². The maximum atomic E-state index is 10.6. The minimum absolute atomic E-state index is 0.228. The van der Waals surface area contributed by atoms with E-state index < -0.39 is 5.97 Å². The number of methoxy groups -OCH3 is 1. The number of hydrogen-bond acceptors (Lipinski definition) is 4. The fourth-order valence-corrected chi connectivity index (χ4v) is 2.39. The first-order valence-corrected chi connectivity index (χ1v) is 6.13. The number of ether oxygens (including phenoxy) is 1. The molecule has 1 saturated heterocycles. The lowest BCUT2D eigenvalue weighted by Crippen LogP contribution is -2.46. The van der Waals surface area contributed by atoms with E-state index in [2.05, 4.69) is 11.0 Å². The van der Waals surface area contributed by atoms with Gasteiger partial charge in [-0.15, -0.1) is 0 Å². The average Bonchev–Trinajstić information content (AvgIpc) is 2.35. The lowest BCUT2D eigenvalue weighted by atomic mass is 9.95. The van der Waals surface area contributed by atoms with E-state index in [9.17, 15) is 4.79 Å². The Hall–Kier alpha value is -2.06. The molecule has 0 saturated carbocycles. The van der Waals surface area contributed by atoms with Crippen molar-refractivity contribution < 1.29 is 14.6 Å². The number of aliphatic carboxylic acids is 1. The molecule has 0 aliphatic carbocycles. The number of carboxylic acid groups (broad SMARTS) is 1. The molecule has 1 aromatic carbocycles. The summed E-state index contributed by atoms with van der Waals surface area (Å²) in [6.07, 6.45) is 0.228. The molecule has 1 aliphatic rings. The number of carboxylic acids is 1. The van der Waals surface area contributed by atoms with E-state index in [1.807, 2.05) is 6.07 Å². The fraction of sp³-hybridized carbons (Fsp3) is 0.429. The number of nitrogens with zero attached hydrogens (tertiary/aromatic N) is 2. The first-order valence-electron chi connectivity index (χ1n) is 6.13. The van der Waals surface area contributed by atoms with Gasteiger partial charge in [0.15, 0.2) is 0 Å². The molecule has 0 spiro atoms. The highest BCUT2D eigenvalue weighted by Gasteiger charge is 2.28. The molecule has 2 rings (SSSR count). The van der Waals surface area contributed by atoms with Crippen molar-refractivity contribution in [2.45, 2.75) is 13.0 Å². The summed E-state index contributed by atoms with van der Waals surface area (Å²) < 4.78 is 5.28. The Bertz CT molecular complexity index is 516. The second-order valence-corrected chi connectivity index (χ2v) is 4.80. The molecule has 0 amide bonds. The average molecular weight is 260 g/mol. The molecule has 0 atom stereocenters. The monoisotopic (exact) mass is 260 g/mol. The number of hydrogen-bond donors (Lipinski definition) is 1. The van der Waals surface area contributed by atoms with E-state index in [4.69, 9.17) is 15.1 Å². The third kappa shape index (κ3) is 3.24. The van der Waals surface area contributed by atoms with Gasteiger partial charge in [0.25, 0.3) is 0 Å². The highest BCUT2D eigenvalue weighted by Crippen LogP contribution is 2.26. The molecule has 1 fully saturated rings. The molecular formula is C14H16N2O3. The van der Waals surface area contributed by atoms with E-state index in [1.165, 1.54) is 0 Å². The lowest BCUT2D eigenvalue weighted by Gasteiger charge is -2.38. The van der Waals surface area contributed by atoms with Crippen molar-refractivity contribution in [3.05, 3.63) is 29.3 Å². The van der Waals surface area contributed by atoms with Crippen molar-refractivity contribution in [3.8, 4) is 11.8 Å². The largest absolute Gasteiger partial charge is 0.496 e. The van der Waals surface area contributed by atoms with Gasteiger partial charge in [-0.05, 0) is 24.1 Å². The normalized spacial score (nSPS) is 15.6. The molecule has 1 aromatic rings. The number of carbonyl (C=O) groups is 1. The number of nitriles is 1. The van der Waals surface area contributed by atoms with Crippen molar-refractivity contribution >= 4 is 5.97 Å². The molecular weight excluding hydrogens is 244 g/mol. The van der Waals surface area contributed by atoms with Crippen LogP contribution in [0.4, 0.5) is 0 Å². The van der Waals surface area contributed by atoms with Gasteiger partial charge in [-0.25, -0.2) is 0 Å². The van der Waals surface area contributed by atoms with Gasteiger partial charge >= 0.3 is 5.97 Å². The van der Waals surface area contributed by atoms with Crippen molar-refractivity contribution in [3.63, 3.8) is 0 Å². The Morgan fingerprint density at radius 2 is 2.32 bits per heavy atom. The van der Waals surface area contributed by atoms with Crippen LogP contribution >= 0.6 is 0 Å². The molecule has 100 valence electrons. The maximum absolute atomic E-state index is 10.6. The zero-order valence-electron chi connectivity index (χ0n) is 10.8. The Morgan fingerprint density at radius 3 is 2.89 bits per heavy atom. The summed E-state index contributed by atoms with van der Waals surface area (Å²) in [5.41, 5.74) is 1.58. The van der Waals surface area contributed by atoms with Gasteiger partial charge in [-0.1, -0.05) is 0 Å². The molecule has 1 aliphatic heterocycles. The van der Waals surface area contributed by atoms with Gasteiger partial charge in [0, 0.05) is 25.2 Å². The molecule has 0 bridgehead atoms. The summed E-state index contributed by atoms with van der Waals surface area (Å²) in [6, 6.07) is 7.46. The minimum atomic E-state index is -0.742. The molecule has 0 unspecified atom stereocenters. The molecule has 0 radical (unpaired) electrons. The summed E-state index contributed by atoms with van der Waals surface area (Å²) in [5.74, 6) is 0.261. The third-order valence-corrected chi connectivity index (χ3v) is 3.30. The summed E-state index contributed by atoms with van der Waals surface area (Å²) >= 11 is 0. The van der Waals surface area contributed by atoms with Crippen molar-refractivity contribution in [1.82, 2.24) is 4.90 Å². The van der Waals surface area contributed by atoms with Crippen molar-refractivity contribution in [2.75, 3.05) is 20.2 Å².